The van der Waals surface area contributed by atoms with E-state index >= 15 is 0 Å². The van der Waals surface area contributed by atoms with Crippen LogP contribution in [0.3, 0.4) is 0 Å². The molecule has 1 aliphatic heterocycles. The zero-order valence-electron chi connectivity index (χ0n) is 18.2. The van der Waals surface area contributed by atoms with Crippen LogP contribution in [0, 0.1) is 0 Å². The number of pyridine rings is 1. The van der Waals surface area contributed by atoms with Crippen molar-refractivity contribution in [2.45, 2.75) is 19.4 Å². The van der Waals surface area contributed by atoms with E-state index in [-0.39, 0.29) is 0 Å². The van der Waals surface area contributed by atoms with E-state index in [2.05, 4.69) is 23.7 Å². The maximum Gasteiger partial charge on any atom is 0.358 e. The zero-order valence-corrected chi connectivity index (χ0v) is 19.0. The van der Waals surface area contributed by atoms with Crippen molar-refractivity contribution in [1.29, 1.82) is 0 Å². The number of carbonyl (C=O) groups excluding carboxylic acids is 1. The Bertz CT molecular complexity index is 1110. The van der Waals surface area contributed by atoms with Gasteiger partial charge in [0.1, 0.15) is 0 Å². The van der Waals surface area contributed by atoms with Crippen LogP contribution in [0.15, 0.2) is 60.8 Å². The summed E-state index contributed by atoms with van der Waals surface area (Å²) in [7, 11) is 3.98. The number of aromatic nitrogens is 1. The molecule has 160 valence electrons. The molecule has 1 aliphatic rings. The van der Waals surface area contributed by atoms with Gasteiger partial charge in [-0.3, -0.25) is 0 Å². The van der Waals surface area contributed by atoms with Crippen LogP contribution < -0.4 is 9.80 Å². The second-order valence-corrected chi connectivity index (χ2v) is 8.16. The van der Waals surface area contributed by atoms with Crippen LogP contribution in [0.2, 0.25) is 5.02 Å². The number of hydrogen-bond donors (Lipinski definition) is 0. The van der Waals surface area contributed by atoms with Crippen LogP contribution in [0.1, 0.15) is 41.0 Å². The molecule has 1 atom stereocenters. The topological polar surface area (TPSA) is 45.7 Å². The third-order valence-electron chi connectivity index (χ3n) is 5.88. The molecule has 31 heavy (non-hydrogen) atoms. The molecule has 6 heteroatoms. The Hall–Kier alpha value is -3.05. The van der Waals surface area contributed by atoms with Crippen LogP contribution in [-0.4, -0.2) is 38.1 Å². The first-order valence-corrected chi connectivity index (χ1v) is 10.8. The number of ether oxygens (including phenoxy) is 1. The van der Waals surface area contributed by atoms with Gasteiger partial charge < -0.3 is 14.5 Å². The molecule has 5 nitrogen and oxygen atoms in total. The zero-order chi connectivity index (χ0) is 22.2. The van der Waals surface area contributed by atoms with Gasteiger partial charge >= 0.3 is 5.97 Å². The van der Waals surface area contributed by atoms with Gasteiger partial charge in [-0.25, -0.2) is 9.78 Å². The predicted octanol–water partition coefficient (Wildman–Crippen LogP) is 5.11. The lowest BCUT2D eigenvalue weighted by atomic mass is 9.80. The van der Waals surface area contributed by atoms with Crippen molar-refractivity contribution in [2.24, 2.45) is 0 Å². The van der Waals surface area contributed by atoms with Gasteiger partial charge in [0.05, 0.1) is 5.02 Å². The number of halogens is 1. The molecule has 1 aromatic heterocycles. The van der Waals surface area contributed by atoms with Crippen molar-refractivity contribution in [3.8, 4) is 0 Å². The molecule has 0 spiro atoms. The molecule has 0 N–H and O–H groups in total. The molecule has 0 bridgehead atoms. The van der Waals surface area contributed by atoms with E-state index in [1.165, 1.54) is 0 Å². The number of nitrogens with zero attached hydrogens (tertiary/aromatic N) is 3. The van der Waals surface area contributed by atoms with E-state index in [1.54, 1.807) is 6.20 Å². The maximum atomic E-state index is 12.8. The number of benzene rings is 2. The Balaban J connectivity index is 1.94. The molecule has 1 unspecified atom stereocenters. The Morgan fingerprint density at radius 3 is 2.26 bits per heavy atom. The van der Waals surface area contributed by atoms with E-state index in [0.717, 1.165) is 35.6 Å². The number of rotatable bonds is 6. The van der Waals surface area contributed by atoms with Crippen LogP contribution >= 0.6 is 11.6 Å². The fourth-order valence-corrected chi connectivity index (χ4v) is 4.54. The van der Waals surface area contributed by atoms with Crippen molar-refractivity contribution in [3.63, 3.8) is 0 Å². The Kier molecular flexibility index (Phi) is 5.63. The summed E-state index contributed by atoms with van der Waals surface area (Å²) in [6, 6.07) is 17.6. The standard InChI is InChI=1S/C25H26ClN3O2/c1-5-29(6-2)19-13-14-20(22(26)16-19)25(17-9-11-18(12-10-17)28(3)4)21-8-7-15-27-23(21)24(30)31-25/h7-16H,5-6H2,1-4H3. The average Bonchev–Trinajstić information content (AvgIpc) is 3.08. The van der Waals surface area contributed by atoms with E-state index in [0.29, 0.717) is 16.3 Å². The first-order valence-electron chi connectivity index (χ1n) is 10.4. The SMILES string of the molecule is CCN(CC)c1ccc(C2(c3ccc(N(C)C)cc3)OC(=O)c3ncccc32)c(Cl)c1. The normalized spacial score (nSPS) is 17.3. The number of fused-ring (bicyclic) bond motifs is 1. The molecule has 2 aromatic carbocycles. The highest BCUT2D eigenvalue weighted by Gasteiger charge is 2.50. The highest BCUT2D eigenvalue weighted by atomic mass is 35.5. The van der Waals surface area contributed by atoms with Gasteiger partial charge in [0.25, 0.3) is 0 Å². The summed E-state index contributed by atoms with van der Waals surface area (Å²) in [6.45, 7) is 5.98. The van der Waals surface area contributed by atoms with Crippen LogP contribution in [-0.2, 0) is 10.3 Å². The fraction of sp³-hybridized carbons (Fsp3) is 0.280. The second kappa shape index (κ2) is 8.23. The van der Waals surface area contributed by atoms with Gasteiger partial charge in [0.2, 0.25) is 0 Å². The highest BCUT2D eigenvalue weighted by molar-refractivity contribution is 6.32. The van der Waals surface area contributed by atoms with Crippen molar-refractivity contribution in [2.75, 3.05) is 37.0 Å². The summed E-state index contributed by atoms with van der Waals surface area (Å²) in [5, 5.41) is 0.547. The minimum atomic E-state index is -1.15. The first kappa shape index (κ1) is 21.2. The summed E-state index contributed by atoms with van der Waals surface area (Å²) in [6.07, 6.45) is 1.61. The lowest BCUT2D eigenvalue weighted by Crippen LogP contribution is -2.30. The molecule has 0 amide bonds. The van der Waals surface area contributed by atoms with Gasteiger partial charge in [-0.2, -0.15) is 0 Å². The van der Waals surface area contributed by atoms with Crippen LogP contribution in [0.5, 0.6) is 0 Å². The molecule has 3 aromatic rings. The van der Waals surface area contributed by atoms with Crippen molar-refractivity contribution in [3.05, 3.63) is 88.2 Å². The summed E-state index contributed by atoms with van der Waals surface area (Å²) in [4.78, 5) is 21.4. The summed E-state index contributed by atoms with van der Waals surface area (Å²) < 4.78 is 6.11. The Morgan fingerprint density at radius 1 is 0.968 bits per heavy atom. The Morgan fingerprint density at radius 2 is 1.65 bits per heavy atom. The molecule has 2 heterocycles. The third-order valence-corrected chi connectivity index (χ3v) is 6.19. The minimum absolute atomic E-state index is 0.322. The molecule has 0 saturated heterocycles. The lowest BCUT2D eigenvalue weighted by Gasteiger charge is -2.32. The number of cyclic esters (lactones) is 1. The molecular weight excluding hydrogens is 410 g/mol. The van der Waals surface area contributed by atoms with Gasteiger partial charge in [-0.1, -0.05) is 35.9 Å². The predicted molar refractivity (Wildman–Crippen MR) is 125 cm³/mol. The molecule has 0 radical (unpaired) electrons. The van der Waals surface area contributed by atoms with Gasteiger partial charge in [-0.15, -0.1) is 0 Å². The van der Waals surface area contributed by atoms with E-state index < -0.39 is 11.6 Å². The first-order chi connectivity index (χ1) is 14.9. The summed E-state index contributed by atoms with van der Waals surface area (Å²) in [5.41, 5.74) is 3.52. The largest absolute Gasteiger partial charge is 0.439 e. The molecule has 4 rings (SSSR count). The number of hydrogen-bond acceptors (Lipinski definition) is 5. The number of carbonyl (C=O) groups is 1. The van der Waals surface area contributed by atoms with Gasteiger partial charge in [0, 0.05) is 61.4 Å². The molecule has 0 aliphatic carbocycles. The second-order valence-electron chi connectivity index (χ2n) is 7.75. The smallest absolute Gasteiger partial charge is 0.358 e. The number of anilines is 2. The third kappa shape index (κ3) is 3.43. The maximum absolute atomic E-state index is 12.8. The Labute approximate surface area is 188 Å². The summed E-state index contributed by atoms with van der Waals surface area (Å²) in [5.74, 6) is -0.448. The molecule has 0 saturated carbocycles. The van der Waals surface area contributed by atoms with Crippen molar-refractivity contribution in [1.82, 2.24) is 4.98 Å². The number of esters is 1. The molecular formula is C25H26ClN3O2. The quantitative estimate of drug-likeness (QED) is 0.503. The highest BCUT2D eigenvalue weighted by Crippen LogP contribution is 2.49. The lowest BCUT2D eigenvalue weighted by molar-refractivity contribution is 0.0249. The van der Waals surface area contributed by atoms with Crippen LogP contribution in [0.25, 0.3) is 0 Å². The van der Waals surface area contributed by atoms with Gasteiger partial charge in [-0.05, 0) is 44.2 Å². The average molecular weight is 436 g/mol. The summed E-state index contributed by atoms with van der Waals surface area (Å²) >= 11 is 6.86. The monoisotopic (exact) mass is 435 g/mol. The minimum Gasteiger partial charge on any atom is -0.439 e. The molecule has 0 fully saturated rings. The van der Waals surface area contributed by atoms with Crippen molar-refractivity contribution >= 4 is 28.9 Å². The van der Waals surface area contributed by atoms with E-state index in [4.69, 9.17) is 16.3 Å². The van der Waals surface area contributed by atoms with Crippen molar-refractivity contribution < 1.29 is 9.53 Å². The fourth-order valence-electron chi connectivity index (χ4n) is 4.23. The van der Waals surface area contributed by atoms with E-state index in [1.807, 2.05) is 73.6 Å². The van der Waals surface area contributed by atoms with E-state index in [9.17, 15) is 4.79 Å². The van der Waals surface area contributed by atoms with Gasteiger partial charge in [0.15, 0.2) is 11.3 Å². The van der Waals surface area contributed by atoms with Crippen LogP contribution in [0.4, 0.5) is 11.4 Å².